The van der Waals surface area contributed by atoms with Crippen LogP contribution >= 0.6 is 0 Å². The highest BCUT2D eigenvalue weighted by Crippen LogP contribution is 2.10. The van der Waals surface area contributed by atoms with Crippen LogP contribution in [0.15, 0.2) is 18.2 Å². The van der Waals surface area contributed by atoms with E-state index in [0.29, 0.717) is 30.2 Å². The Hall–Kier alpha value is -1.95. The van der Waals surface area contributed by atoms with Crippen LogP contribution in [0.25, 0.3) is 11.0 Å². The first-order chi connectivity index (χ1) is 9.56. The van der Waals surface area contributed by atoms with Crippen LogP contribution in [0.2, 0.25) is 0 Å². The Kier molecular flexibility index (Phi) is 4.68. The predicted octanol–water partition coefficient (Wildman–Crippen LogP) is 1.75. The quantitative estimate of drug-likeness (QED) is 0.842. The Labute approximate surface area is 117 Å². The fourth-order valence-electron chi connectivity index (χ4n) is 1.81. The molecule has 0 aliphatic carbocycles. The molecule has 6 heteroatoms. The molecule has 1 amide bonds. The summed E-state index contributed by atoms with van der Waals surface area (Å²) in [5.74, 6) is 0.364. The number of nitrogens with zero attached hydrogens (tertiary/aromatic N) is 2. The maximum Gasteiger partial charge on any atom is 0.251 e. The summed E-state index contributed by atoms with van der Waals surface area (Å²) in [6.45, 7) is 7.32. The third kappa shape index (κ3) is 3.77. The molecule has 0 saturated heterocycles. The van der Waals surface area contributed by atoms with Crippen molar-refractivity contribution in [2.45, 2.75) is 26.8 Å². The van der Waals surface area contributed by atoms with Gasteiger partial charge in [-0.3, -0.25) is 4.79 Å². The lowest BCUT2D eigenvalue weighted by atomic mass is 10.2. The first-order valence-electron chi connectivity index (χ1n) is 6.75. The second-order valence-corrected chi connectivity index (χ2v) is 5.33. The molecule has 0 saturated carbocycles. The standard InChI is InChI=1S/C14H20N4O2/c1-9(2)7-20-8-10(3)15-14(19)11-4-5-12-13(6-11)17-18-16-12/h4-6,9-10H,7-8H2,1-3H3,(H,15,19)(H,16,17,18)/t10-/m1/s1. The van der Waals surface area contributed by atoms with Gasteiger partial charge in [0.2, 0.25) is 0 Å². The van der Waals surface area contributed by atoms with E-state index < -0.39 is 0 Å². The molecule has 0 fully saturated rings. The van der Waals surface area contributed by atoms with Crippen molar-refractivity contribution in [2.24, 2.45) is 5.92 Å². The summed E-state index contributed by atoms with van der Waals surface area (Å²) in [5, 5.41) is 13.4. The highest BCUT2D eigenvalue weighted by Gasteiger charge is 2.11. The van der Waals surface area contributed by atoms with Gasteiger partial charge in [0.25, 0.3) is 5.91 Å². The van der Waals surface area contributed by atoms with Crippen LogP contribution in [0.5, 0.6) is 0 Å². The van der Waals surface area contributed by atoms with Gasteiger partial charge in [0.1, 0.15) is 11.0 Å². The number of aromatic amines is 1. The summed E-state index contributed by atoms with van der Waals surface area (Å²) in [7, 11) is 0. The lowest BCUT2D eigenvalue weighted by Gasteiger charge is -2.15. The van der Waals surface area contributed by atoms with Gasteiger partial charge < -0.3 is 10.1 Å². The van der Waals surface area contributed by atoms with Gasteiger partial charge >= 0.3 is 0 Å². The molecular weight excluding hydrogens is 256 g/mol. The van der Waals surface area contributed by atoms with Crippen molar-refractivity contribution >= 4 is 16.9 Å². The van der Waals surface area contributed by atoms with Crippen LogP contribution in [0, 0.1) is 5.92 Å². The number of rotatable bonds is 6. The molecular formula is C14H20N4O2. The van der Waals surface area contributed by atoms with E-state index in [1.54, 1.807) is 18.2 Å². The van der Waals surface area contributed by atoms with Gasteiger partial charge in [-0.05, 0) is 31.0 Å². The SMILES string of the molecule is CC(C)COC[C@@H](C)NC(=O)c1ccc2n[nH]nc2c1. The largest absolute Gasteiger partial charge is 0.379 e. The maximum absolute atomic E-state index is 12.1. The number of ether oxygens (including phenoxy) is 1. The Balaban J connectivity index is 1.90. The molecule has 0 spiro atoms. The molecule has 1 atom stereocenters. The lowest BCUT2D eigenvalue weighted by molar-refractivity contribution is 0.0792. The Morgan fingerprint density at radius 3 is 2.75 bits per heavy atom. The van der Waals surface area contributed by atoms with Crippen LogP contribution in [0.1, 0.15) is 31.1 Å². The van der Waals surface area contributed by atoms with Gasteiger partial charge in [0, 0.05) is 18.2 Å². The minimum absolute atomic E-state index is 0.0331. The third-order valence-electron chi connectivity index (χ3n) is 2.78. The van der Waals surface area contributed by atoms with Crippen molar-refractivity contribution in [1.82, 2.24) is 20.7 Å². The molecule has 6 nitrogen and oxygen atoms in total. The minimum atomic E-state index is -0.129. The molecule has 0 aliphatic heterocycles. The smallest absolute Gasteiger partial charge is 0.251 e. The van der Waals surface area contributed by atoms with Gasteiger partial charge in [-0.1, -0.05) is 13.8 Å². The molecule has 1 aromatic heterocycles. The molecule has 1 aromatic carbocycles. The summed E-state index contributed by atoms with van der Waals surface area (Å²) in [6.07, 6.45) is 0. The summed E-state index contributed by atoms with van der Waals surface area (Å²) >= 11 is 0. The minimum Gasteiger partial charge on any atom is -0.379 e. The summed E-state index contributed by atoms with van der Waals surface area (Å²) in [4.78, 5) is 12.1. The van der Waals surface area contributed by atoms with E-state index in [-0.39, 0.29) is 11.9 Å². The summed E-state index contributed by atoms with van der Waals surface area (Å²) < 4.78 is 5.51. The van der Waals surface area contributed by atoms with Crippen molar-refractivity contribution in [3.8, 4) is 0 Å². The van der Waals surface area contributed by atoms with Crippen LogP contribution in [-0.2, 0) is 4.74 Å². The number of hydrogen-bond donors (Lipinski definition) is 2. The first-order valence-corrected chi connectivity index (χ1v) is 6.75. The van der Waals surface area contributed by atoms with E-state index in [1.165, 1.54) is 0 Å². The number of nitrogens with one attached hydrogen (secondary N) is 2. The highest BCUT2D eigenvalue weighted by atomic mass is 16.5. The zero-order valence-corrected chi connectivity index (χ0v) is 12.0. The highest BCUT2D eigenvalue weighted by molar-refractivity contribution is 5.97. The normalized spacial score (nSPS) is 12.8. The van der Waals surface area contributed by atoms with Gasteiger partial charge in [-0.15, -0.1) is 0 Å². The molecule has 0 unspecified atom stereocenters. The van der Waals surface area contributed by atoms with Crippen molar-refractivity contribution in [2.75, 3.05) is 13.2 Å². The van der Waals surface area contributed by atoms with Crippen LogP contribution < -0.4 is 5.32 Å². The van der Waals surface area contributed by atoms with Crippen LogP contribution in [-0.4, -0.2) is 40.6 Å². The number of hydrogen-bond acceptors (Lipinski definition) is 4. The van der Waals surface area contributed by atoms with Gasteiger partial charge in [0.05, 0.1) is 6.61 Å². The fraction of sp³-hybridized carbons (Fsp3) is 0.500. The number of amides is 1. The average molecular weight is 276 g/mol. The van der Waals surface area contributed by atoms with Crippen molar-refractivity contribution in [3.63, 3.8) is 0 Å². The third-order valence-corrected chi connectivity index (χ3v) is 2.78. The molecule has 20 heavy (non-hydrogen) atoms. The number of carbonyl (C=O) groups excluding carboxylic acids is 1. The Bertz CT molecular complexity index is 579. The molecule has 0 aliphatic rings. The second kappa shape index (κ2) is 6.47. The zero-order valence-electron chi connectivity index (χ0n) is 12.0. The van der Waals surface area contributed by atoms with E-state index in [1.807, 2.05) is 6.92 Å². The number of benzene rings is 1. The molecule has 2 N–H and O–H groups in total. The van der Waals surface area contributed by atoms with Crippen molar-refractivity contribution < 1.29 is 9.53 Å². The van der Waals surface area contributed by atoms with Gasteiger partial charge in [0.15, 0.2) is 0 Å². The lowest BCUT2D eigenvalue weighted by Crippen LogP contribution is -2.36. The summed E-state index contributed by atoms with van der Waals surface area (Å²) in [6, 6.07) is 5.19. The van der Waals surface area contributed by atoms with E-state index in [0.717, 1.165) is 5.52 Å². The van der Waals surface area contributed by atoms with E-state index in [4.69, 9.17) is 4.74 Å². The van der Waals surface area contributed by atoms with Gasteiger partial charge in [-0.25, -0.2) is 0 Å². The molecule has 2 aromatic rings. The number of carbonyl (C=O) groups is 1. The zero-order chi connectivity index (χ0) is 14.5. The Morgan fingerprint density at radius 1 is 1.25 bits per heavy atom. The fourth-order valence-corrected chi connectivity index (χ4v) is 1.81. The Morgan fingerprint density at radius 2 is 2.00 bits per heavy atom. The van der Waals surface area contributed by atoms with Crippen LogP contribution in [0.3, 0.4) is 0 Å². The van der Waals surface area contributed by atoms with Crippen molar-refractivity contribution in [3.05, 3.63) is 23.8 Å². The predicted molar refractivity (Wildman–Crippen MR) is 76.5 cm³/mol. The maximum atomic E-state index is 12.1. The van der Waals surface area contributed by atoms with Crippen molar-refractivity contribution in [1.29, 1.82) is 0 Å². The summed E-state index contributed by atoms with van der Waals surface area (Å²) in [5.41, 5.74) is 2.00. The molecule has 2 rings (SSSR count). The van der Waals surface area contributed by atoms with E-state index in [2.05, 4.69) is 34.6 Å². The monoisotopic (exact) mass is 276 g/mol. The topological polar surface area (TPSA) is 79.9 Å². The second-order valence-electron chi connectivity index (χ2n) is 5.33. The average Bonchev–Trinajstić information content (AvgIpc) is 2.85. The number of fused-ring (bicyclic) bond motifs is 1. The molecule has 0 bridgehead atoms. The van der Waals surface area contributed by atoms with Gasteiger partial charge in [-0.2, -0.15) is 15.4 Å². The van der Waals surface area contributed by atoms with E-state index in [9.17, 15) is 4.79 Å². The molecule has 1 heterocycles. The molecule has 108 valence electrons. The number of aromatic nitrogens is 3. The van der Waals surface area contributed by atoms with Crippen LogP contribution in [0.4, 0.5) is 0 Å². The molecule has 0 radical (unpaired) electrons. The van der Waals surface area contributed by atoms with E-state index >= 15 is 0 Å². The first kappa shape index (κ1) is 14.5. The number of H-pyrrole nitrogens is 1.